The summed E-state index contributed by atoms with van der Waals surface area (Å²) in [4.78, 5) is 21.2. The number of nitro benzene ring substituents is 1. The summed E-state index contributed by atoms with van der Waals surface area (Å²) in [5.74, 6) is -0.497. The first-order valence-corrected chi connectivity index (χ1v) is 5.03. The van der Waals surface area contributed by atoms with E-state index in [4.69, 9.17) is 5.73 Å². The van der Waals surface area contributed by atoms with E-state index < -0.39 is 16.9 Å². The molecule has 0 bridgehead atoms. The summed E-state index contributed by atoms with van der Waals surface area (Å²) in [5.41, 5.74) is 7.18. The summed E-state index contributed by atoms with van der Waals surface area (Å²) in [6, 6.07) is 3.71. The molecule has 2 N–H and O–H groups in total. The van der Waals surface area contributed by atoms with Gasteiger partial charge in [-0.05, 0) is 24.5 Å². The number of methoxy groups -OCH3 is 1. The Morgan fingerprint density at radius 3 is 2.71 bits per heavy atom. The standard InChI is InChI=1S/C11H14N2O4/c1-7-5-9(13(15)16)4-3-8(7)6-10(12)11(14)17-2/h3-5,10H,6,12H2,1-2H3/t10-/m0/s1. The predicted octanol–water partition coefficient (Wildman–Crippen LogP) is 0.946. The van der Waals surface area contributed by atoms with Crippen LogP contribution in [-0.2, 0) is 16.0 Å². The fourth-order valence-corrected chi connectivity index (χ4v) is 1.49. The lowest BCUT2D eigenvalue weighted by atomic mass is 10.0. The van der Waals surface area contributed by atoms with Gasteiger partial charge in [0.1, 0.15) is 6.04 Å². The van der Waals surface area contributed by atoms with Gasteiger partial charge in [-0.25, -0.2) is 0 Å². The van der Waals surface area contributed by atoms with Crippen LogP contribution in [-0.4, -0.2) is 24.0 Å². The van der Waals surface area contributed by atoms with E-state index >= 15 is 0 Å². The molecule has 1 atom stereocenters. The van der Waals surface area contributed by atoms with Gasteiger partial charge in [0, 0.05) is 12.1 Å². The molecule has 0 saturated carbocycles. The number of aryl methyl sites for hydroxylation is 1. The smallest absolute Gasteiger partial charge is 0.322 e. The number of ether oxygens (including phenoxy) is 1. The number of carbonyl (C=O) groups is 1. The summed E-state index contributed by atoms with van der Waals surface area (Å²) < 4.78 is 4.51. The molecule has 0 aromatic heterocycles. The number of nitrogens with zero attached hydrogens (tertiary/aromatic N) is 1. The fourth-order valence-electron chi connectivity index (χ4n) is 1.49. The molecule has 92 valence electrons. The third kappa shape index (κ3) is 3.25. The van der Waals surface area contributed by atoms with Gasteiger partial charge in [0.05, 0.1) is 12.0 Å². The molecule has 0 radical (unpaired) electrons. The molecule has 1 aromatic rings. The topological polar surface area (TPSA) is 95.5 Å². The number of hydrogen-bond acceptors (Lipinski definition) is 5. The van der Waals surface area contributed by atoms with E-state index in [2.05, 4.69) is 4.74 Å². The highest BCUT2D eigenvalue weighted by Gasteiger charge is 2.16. The number of nitro groups is 1. The average Bonchev–Trinajstić information content (AvgIpc) is 2.30. The van der Waals surface area contributed by atoms with Crippen molar-refractivity contribution in [2.45, 2.75) is 19.4 Å². The first-order valence-electron chi connectivity index (χ1n) is 5.03. The average molecular weight is 238 g/mol. The van der Waals surface area contributed by atoms with Gasteiger partial charge in [0.2, 0.25) is 0 Å². The van der Waals surface area contributed by atoms with Gasteiger partial charge in [0.15, 0.2) is 0 Å². The van der Waals surface area contributed by atoms with Crippen molar-refractivity contribution in [2.75, 3.05) is 7.11 Å². The van der Waals surface area contributed by atoms with Gasteiger partial charge >= 0.3 is 5.97 Å². The lowest BCUT2D eigenvalue weighted by molar-refractivity contribution is -0.384. The second-order valence-corrected chi connectivity index (χ2v) is 3.70. The highest BCUT2D eigenvalue weighted by atomic mass is 16.6. The third-order valence-corrected chi connectivity index (χ3v) is 2.48. The molecular weight excluding hydrogens is 224 g/mol. The molecule has 6 heteroatoms. The lowest BCUT2D eigenvalue weighted by Crippen LogP contribution is -2.33. The Hall–Kier alpha value is -1.95. The molecule has 1 aromatic carbocycles. The van der Waals surface area contributed by atoms with Crippen LogP contribution in [0.25, 0.3) is 0 Å². The fraction of sp³-hybridized carbons (Fsp3) is 0.364. The van der Waals surface area contributed by atoms with Crippen molar-refractivity contribution < 1.29 is 14.5 Å². The SMILES string of the molecule is COC(=O)[C@@H](N)Cc1ccc([N+](=O)[O-])cc1C. The van der Waals surface area contributed by atoms with Crippen LogP contribution in [0.2, 0.25) is 0 Å². The second-order valence-electron chi connectivity index (χ2n) is 3.70. The van der Waals surface area contributed by atoms with Gasteiger partial charge in [-0.15, -0.1) is 0 Å². The first-order chi connectivity index (χ1) is 7.95. The quantitative estimate of drug-likeness (QED) is 0.478. The van der Waals surface area contributed by atoms with Crippen molar-refractivity contribution in [1.82, 2.24) is 0 Å². The number of non-ortho nitro benzene ring substituents is 1. The van der Waals surface area contributed by atoms with Crippen LogP contribution >= 0.6 is 0 Å². The van der Waals surface area contributed by atoms with Crippen molar-refractivity contribution in [2.24, 2.45) is 5.73 Å². The van der Waals surface area contributed by atoms with E-state index in [1.165, 1.54) is 19.2 Å². The van der Waals surface area contributed by atoms with Crippen LogP contribution in [0.3, 0.4) is 0 Å². The van der Waals surface area contributed by atoms with Gasteiger partial charge in [-0.3, -0.25) is 14.9 Å². The molecule has 0 heterocycles. The highest BCUT2D eigenvalue weighted by Crippen LogP contribution is 2.18. The van der Waals surface area contributed by atoms with Gasteiger partial charge < -0.3 is 10.5 Å². The van der Waals surface area contributed by atoms with E-state index in [0.717, 1.165) is 11.1 Å². The molecule has 0 unspecified atom stereocenters. The molecule has 1 rings (SSSR count). The number of hydrogen-bond donors (Lipinski definition) is 1. The van der Waals surface area contributed by atoms with E-state index in [9.17, 15) is 14.9 Å². The lowest BCUT2D eigenvalue weighted by Gasteiger charge is -2.11. The molecule has 0 spiro atoms. The molecule has 6 nitrogen and oxygen atoms in total. The zero-order valence-electron chi connectivity index (χ0n) is 9.67. The monoisotopic (exact) mass is 238 g/mol. The minimum atomic E-state index is -0.750. The van der Waals surface area contributed by atoms with E-state index in [1.54, 1.807) is 13.0 Å². The minimum Gasteiger partial charge on any atom is -0.468 e. The van der Waals surface area contributed by atoms with E-state index in [1.807, 2.05) is 0 Å². The second kappa shape index (κ2) is 5.40. The number of nitrogens with two attached hydrogens (primary N) is 1. The summed E-state index contributed by atoms with van der Waals surface area (Å²) in [5, 5.41) is 10.5. The van der Waals surface area contributed by atoms with Crippen molar-refractivity contribution >= 4 is 11.7 Å². The van der Waals surface area contributed by atoms with E-state index in [0.29, 0.717) is 6.42 Å². The minimum absolute atomic E-state index is 0.0258. The normalized spacial score (nSPS) is 11.9. The molecule has 0 aliphatic carbocycles. The predicted molar refractivity (Wildman–Crippen MR) is 61.5 cm³/mol. The number of benzene rings is 1. The Morgan fingerprint density at radius 2 is 2.24 bits per heavy atom. The summed E-state index contributed by atoms with van der Waals surface area (Å²) in [7, 11) is 1.27. The van der Waals surface area contributed by atoms with Crippen LogP contribution in [0.4, 0.5) is 5.69 Å². The van der Waals surface area contributed by atoms with Gasteiger partial charge in [0.25, 0.3) is 5.69 Å². The van der Waals surface area contributed by atoms with Crippen LogP contribution < -0.4 is 5.73 Å². The maximum atomic E-state index is 11.1. The Kier molecular flexibility index (Phi) is 4.17. The first kappa shape index (κ1) is 13.1. The molecule has 17 heavy (non-hydrogen) atoms. The van der Waals surface area contributed by atoms with Crippen LogP contribution in [0, 0.1) is 17.0 Å². The maximum Gasteiger partial charge on any atom is 0.322 e. The van der Waals surface area contributed by atoms with Crippen LogP contribution in [0.1, 0.15) is 11.1 Å². The zero-order chi connectivity index (χ0) is 13.0. The number of esters is 1. The molecular formula is C11H14N2O4. The molecule has 0 aliphatic rings. The van der Waals surface area contributed by atoms with Crippen LogP contribution in [0.15, 0.2) is 18.2 Å². The largest absolute Gasteiger partial charge is 0.468 e. The van der Waals surface area contributed by atoms with Gasteiger partial charge in [-0.2, -0.15) is 0 Å². The summed E-state index contributed by atoms with van der Waals surface area (Å²) in [6.45, 7) is 1.74. The maximum absolute atomic E-state index is 11.1. The van der Waals surface area contributed by atoms with Crippen molar-refractivity contribution in [3.8, 4) is 0 Å². The van der Waals surface area contributed by atoms with E-state index in [-0.39, 0.29) is 5.69 Å². The Balaban J connectivity index is 2.86. The van der Waals surface area contributed by atoms with Crippen molar-refractivity contribution in [3.63, 3.8) is 0 Å². The molecule has 0 fully saturated rings. The molecule has 0 aliphatic heterocycles. The van der Waals surface area contributed by atoms with Crippen molar-refractivity contribution in [3.05, 3.63) is 39.4 Å². The summed E-state index contributed by atoms with van der Waals surface area (Å²) >= 11 is 0. The third-order valence-electron chi connectivity index (χ3n) is 2.48. The van der Waals surface area contributed by atoms with Gasteiger partial charge in [-0.1, -0.05) is 6.07 Å². The Morgan fingerprint density at radius 1 is 1.59 bits per heavy atom. The Labute approximate surface area is 98.5 Å². The summed E-state index contributed by atoms with van der Waals surface area (Å²) in [6.07, 6.45) is 0.302. The highest BCUT2D eigenvalue weighted by molar-refractivity contribution is 5.75. The van der Waals surface area contributed by atoms with Crippen molar-refractivity contribution in [1.29, 1.82) is 0 Å². The zero-order valence-corrected chi connectivity index (χ0v) is 9.67. The van der Waals surface area contributed by atoms with Crippen LogP contribution in [0.5, 0.6) is 0 Å². The number of carbonyl (C=O) groups excluding carboxylic acids is 1. The number of rotatable bonds is 4. The Bertz CT molecular complexity index is 445. The molecule has 0 amide bonds. The molecule has 0 saturated heterocycles.